The molecule has 1 saturated carbocycles. The molecule has 4 N–H and O–H groups in total. The van der Waals surface area contributed by atoms with E-state index in [1.807, 2.05) is 11.8 Å². The lowest BCUT2D eigenvalue weighted by Crippen LogP contribution is -2.58. The van der Waals surface area contributed by atoms with Crippen LogP contribution >= 0.6 is 0 Å². The molecule has 3 saturated heterocycles. The van der Waals surface area contributed by atoms with Crippen molar-refractivity contribution in [2.45, 2.75) is 134 Å². The molecule has 1 amide bonds. The highest BCUT2D eigenvalue weighted by molar-refractivity contribution is 6.01. The SMILES string of the molecule is CCc1c(F)ccc2cc(O)cc(-c3ncc4c(N5CCC[C@@](C)(O)C5)nc(OC[C@@]56CCCN5[C@H](CC(OC(N)=O)(C5CCC(C=O)CC5)C(C)(C)C)CC6)nc4c3F)c12. The zero-order valence-electron chi connectivity index (χ0n) is 36.1. The number of carbonyl (C=O) groups is 2. The lowest BCUT2D eigenvalue weighted by molar-refractivity contribution is -0.137. The number of primary amides is 1. The number of fused-ring (bicyclic) bond motifs is 3. The van der Waals surface area contributed by atoms with Crippen LogP contribution < -0.4 is 15.4 Å². The molecule has 4 fully saturated rings. The van der Waals surface area contributed by atoms with Gasteiger partial charge in [-0.05, 0) is 125 Å². The first kappa shape index (κ1) is 43.0. The molecule has 0 radical (unpaired) electrons. The van der Waals surface area contributed by atoms with Gasteiger partial charge in [-0.25, -0.2) is 13.6 Å². The number of carbonyl (C=O) groups excluding carboxylic acids is 2. The molecule has 4 atom stereocenters. The van der Waals surface area contributed by atoms with E-state index >= 15 is 8.78 Å². The Morgan fingerprint density at radius 1 is 1.05 bits per heavy atom. The first-order valence-corrected chi connectivity index (χ1v) is 22.1. The Morgan fingerprint density at radius 2 is 1.80 bits per heavy atom. The Kier molecular flexibility index (Phi) is 11.4. The quantitative estimate of drug-likeness (QED) is 0.124. The second kappa shape index (κ2) is 16.2. The second-order valence-corrected chi connectivity index (χ2v) is 19.5. The highest BCUT2D eigenvalue weighted by atomic mass is 19.1. The van der Waals surface area contributed by atoms with Gasteiger partial charge >= 0.3 is 12.1 Å². The van der Waals surface area contributed by atoms with Crippen molar-refractivity contribution >= 4 is 39.9 Å². The van der Waals surface area contributed by atoms with Crippen LogP contribution in [0.15, 0.2) is 30.5 Å². The Hall–Kier alpha value is -4.69. The van der Waals surface area contributed by atoms with E-state index in [0.717, 1.165) is 64.2 Å². The number of β-amino-alcohol motifs (C(OH)–C–C–N with tert-alkyl or cyclic N) is 1. The first-order valence-electron chi connectivity index (χ1n) is 22.1. The molecular formula is C47H60F2N6O6. The number of aromatic nitrogens is 3. The fourth-order valence-electron chi connectivity index (χ4n) is 11.6. The third kappa shape index (κ3) is 7.87. The molecule has 1 unspecified atom stereocenters. The molecule has 2 aromatic heterocycles. The summed E-state index contributed by atoms with van der Waals surface area (Å²) in [5.41, 5.74) is 3.69. The van der Waals surface area contributed by atoms with E-state index < -0.39 is 34.3 Å². The van der Waals surface area contributed by atoms with Gasteiger partial charge in [0.25, 0.3) is 0 Å². The standard InChI is InChI=1S/C47H60F2N6O6/c1-6-33-36(48)14-11-29-21-32(57)22-34(37(29)33)39-38(49)40-35(24-51-39)41(54-19-7-16-45(5,59)26-54)53-43(52-40)60-27-46-17-8-20-55(46)31(15-18-46)23-47(44(2,3)4,61-42(50)58)30-12-9-28(25-56)10-13-30/h11,14,21-22,24-25,28,30-31,57,59H,6-10,12-13,15-20,23,26-27H2,1-5H3,(H2,50,58)/t28?,30?,31-,45+,46-,47?/m0/s1. The predicted octanol–water partition coefficient (Wildman–Crippen LogP) is 8.39. The van der Waals surface area contributed by atoms with Crippen molar-refractivity contribution in [2.75, 3.05) is 31.1 Å². The topological polar surface area (TPSA) is 164 Å². The van der Waals surface area contributed by atoms with Crippen LogP contribution in [0.2, 0.25) is 0 Å². The van der Waals surface area contributed by atoms with Crippen molar-refractivity contribution in [3.05, 3.63) is 47.7 Å². The smallest absolute Gasteiger partial charge is 0.405 e. The van der Waals surface area contributed by atoms with Gasteiger partial charge in [0.1, 0.15) is 47.1 Å². The van der Waals surface area contributed by atoms with E-state index in [-0.39, 0.29) is 65.1 Å². The summed E-state index contributed by atoms with van der Waals surface area (Å²) in [5, 5.41) is 23.2. The maximum atomic E-state index is 17.3. The van der Waals surface area contributed by atoms with Crippen molar-refractivity contribution in [1.29, 1.82) is 0 Å². The second-order valence-electron chi connectivity index (χ2n) is 19.5. The van der Waals surface area contributed by atoms with Gasteiger partial charge in [-0.15, -0.1) is 0 Å². The van der Waals surface area contributed by atoms with Crippen LogP contribution in [0, 0.1) is 28.9 Å². The normalized spacial score (nSPS) is 27.0. The van der Waals surface area contributed by atoms with Gasteiger partial charge in [0.05, 0.1) is 16.5 Å². The average molecular weight is 843 g/mol. The van der Waals surface area contributed by atoms with Crippen LogP contribution in [0.4, 0.5) is 19.4 Å². The maximum Gasteiger partial charge on any atom is 0.405 e. The summed E-state index contributed by atoms with van der Waals surface area (Å²) in [6, 6.07) is 5.90. The summed E-state index contributed by atoms with van der Waals surface area (Å²) in [4.78, 5) is 43.0. The third-order valence-corrected chi connectivity index (χ3v) is 14.6. The van der Waals surface area contributed by atoms with Crippen molar-refractivity contribution in [2.24, 2.45) is 23.0 Å². The number of aliphatic hydroxyl groups is 1. The summed E-state index contributed by atoms with van der Waals surface area (Å²) in [7, 11) is 0. The van der Waals surface area contributed by atoms with E-state index in [1.165, 1.54) is 24.4 Å². The number of ether oxygens (including phenoxy) is 2. The Balaban J connectivity index is 1.15. The van der Waals surface area contributed by atoms with Gasteiger partial charge in [0, 0.05) is 48.6 Å². The van der Waals surface area contributed by atoms with Crippen LogP contribution in [-0.2, 0) is 16.0 Å². The molecule has 5 heterocycles. The number of pyridine rings is 1. The highest BCUT2D eigenvalue weighted by Gasteiger charge is 2.57. The van der Waals surface area contributed by atoms with Gasteiger partial charge in [-0.3, -0.25) is 9.88 Å². The number of phenols is 1. The summed E-state index contributed by atoms with van der Waals surface area (Å²) >= 11 is 0. The van der Waals surface area contributed by atoms with Crippen molar-refractivity contribution < 1.29 is 38.1 Å². The van der Waals surface area contributed by atoms with Crippen LogP contribution in [0.1, 0.15) is 111 Å². The monoisotopic (exact) mass is 842 g/mol. The number of rotatable bonds is 11. The molecule has 12 nitrogen and oxygen atoms in total. The largest absolute Gasteiger partial charge is 0.508 e. The van der Waals surface area contributed by atoms with E-state index in [4.69, 9.17) is 25.2 Å². The first-order chi connectivity index (χ1) is 29.0. The number of aldehydes is 1. The Bertz CT molecular complexity index is 2330. The average Bonchev–Trinajstić information content (AvgIpc) is 3.78. The molecule has 4 aliphatic rings. The number of aromatic hydroxyl groups is 1. The number of anilines is 1. The predicted molar refractivity (Wildman–Crippen MR) is 229 cm³/mol. The van der Waals surface area contributed by atoms with Crippen LogP contribution in [0.25, 0.3) is 32.9 Å². The summed E-state index contributed by atoms with van der Waals surface area (Å²) in [6.45, 7) is 11.8. The lowest BCUT2D eigenvalue weighted by atomic mass is 9.61. The Morgan fingerprint density at radius 3 is 2.49 bits per heavy atom. The fraction of sp³-hybridized carbons (Fsp3) is 0.596. The van der Waals surface area contributed by atoms with Gasteiger partial charge < -0.3 is 35.1 Å². The minimum atomic E-state index is -1.000. The van der Waals surface area contributed by atoms with Gasteiger partial charge in [0.2, 0.25) is 0 Å². The number of nitrogens with two attached hydrogens (primary N) is 1. The van der Waals surface area contributed by atoms with E-state index in [0.29, 0.717) is 59.8 Å². The molecule has 328 valence electrons. The molecule has 2 aromatic carbocycles. The molecule has 3 aliphatic heterocycles. The molecule has 0 spiro atoms. The van der Waals surface area contributed by atoms with Crippen molar-refractivity contribution in [3.8, 4) is 23.0 Å². The molecule has 4 aromatic rings. The van der Waals surface area contributed by atoms with E-state index in [1.54, 1.807) is 13.0 Å². The Labute approximate surface area is 356 Å². The number of piperidine rings is 1. The number of nitrogens with zero attached hydrogens (tertiary/aromatic N) is 5. The minimum Gasteiger partial charge on any atom is -0.508 e. The molecule has 1 aliphatic carbocycles. The summed E-state index contributed by atoms with van der Waals surface area (Å²) < 4.78 is 45.3. The number of benzene rings is 2. The number of hydrogen-bond acceptors (Lipinski definition) is 11. The van der Waals surface area contributed by atoms with E-state index in [2.05, 4.69) is 30.7 Å². The van der Waals surface area contributed by atoms with Crippen molar-refractivity contribution in [1.82, 2.24) is 19.9 Å². The lowest BCUT2D eigenvalue weighted by Gasteiger charge is -2.52. The van der Waals surface area contributed by atoms with Crippen LogP contribution in [-0.4, -0.2) is 91.5 Å². The van der Waals surface area contributed by atoms with Gasteiger partial charge in [-0.2, -0.15) is 9.97 Å². The summed E-state index contributed by atoms with van der Waals surface area (Å²) in [5.74, 6) is -0.843. The number of aryl methyl sites for hydroxylation is 1. The highest BCUT2D eigenvalue weighted by Crippen LogP contribution is 2.53. The summed E-state index contributed by atoms with van der Waals surface area (Å²) in [6.07, 6.45) is 10.5. The molecule has 61 heavy (non-hydrogen) atoms. The fourth-order valence-corrected chi connectivity index (χ4v) is 11.6. The molecule has 0 bridgehead atoms. The number of halogens is 2. The van der Waals surface area contributed by atoms with Crippen molar-refractivity contribution in [3.63, 3.8) is 0 Å². The van der Waals surface area contributed by atoms with Crippen LogP contribution in [0.5, 0.6) is 11.8 Å². The third-order valence-electron chi connectivity index (χ3n) is 14.6. The van der Waals surface area contributed by atoms with Crippen LogP contribution in [0.3, 0.4) is 0 Å². The van der Waals surface area contributed by atoms with E-state index in [9.17, 15) is 19.8 Å². The number of phenolic OH excluding ortho intramolecular Hbond substituents is 1. The van der Waals surface area contributed by atoms with Gasteiger partial charge in [-0.1, -0.05) is 33.8 Å². The van der Waals surface area contributed by atoms with Gasteiger partial charge in [0.15, 0.2) is 5.82 Å². The molecule has 8 rings (SSSR count). The number of hydrogen-bond donors (Lipinski definition) is 3. The number of amides is 1. The zero-order chi connectivity index (χ0) is 43.5. The maximum absolute atomic E-state index is 17.3. The molecule has 14 heteroatoms. The molecular weight excluding hydrogens is 783 g/mol. The minimum absolute atomic E-state index is 0.0115. The zero-order valence-corrected chi connectivity index (χ0v) is 36.1.